The molecule has 31 heavy (non-hydrogen) atoms. The second-order valence-electron chi connectivity index (χ2n) is 8.84. The number of likely N-dealkylation sites (tertiary alicyclic amines) is 1. The van der Waals surface area contributed by atoms with Crippen LogP contribution in [0.25, 0.3) is 11.0 Å². The highest BCUT2D eigenvalue weighted by molar-refractivity contribution is 5.87. The third-order valence-corrected chi connectivity index (χ3v) is 6.30. The number of hydrogen-bond donors (Lipinski definition) is 2. The number of hydrogen-bond acceptors (Lipinski definition) is 5. The van der Waals surface area contributed by atoms with Gasteiger partial charge in [-0.15, -0.1) is 0 Å². The van der Waals surface area contributed by atoms with Gasteiger partial charge in [-0.1, -0.05) is 44.4 Å². The van der Waals surface area contributed by atoms with Crippen LogP contribution < -0.4 is 11.1 Å². The molecule has 6 nitrogen and oxygen atoms in total. The van der Waals surface area contributed by atoms with Gasteiger partial charge in [-0.05, 0) is 62.0 Å². The summed E-state index contributed by atoms with van der Waals surface area (Å²) in [6, 6.07) is 8.96. The number of rotatable bonds is 9. The summed E-state index contributed by atoms with van der Waals surface area (Å²) >= 11 is 0. The van der Waals surface area contributed by atoms with E-state index in [1.807, 2.05) is 6.07 Å². The number of benzene rings is 1. The minimum atomic E-state index is 0.321. The first-order valence-corrected chi connectivity index (χ1v) is 11.8. The van der Waals surface area contributed by atoms with E-state index in [4.69, 9.17) is 5.73 Å². The molecule has 0 amide bonds. The fourth-order valence-electron chi connectivity index (χ4n) is 4.55. The molecule has 1 aliphatic rings. The lowest BCUT2D eigenvalue weighted by molar-refractivity contribution is 0.221. The van der Waals surface area contributed by atoms with E-state index in [2.05, 4.69) is 63.0 Å². The molecule has 1 saturated heterocycles. The molecular weight excluding hydrogens is 384 g/mol. The number of anilines is 2. The van der Waals surface area contributed by atoms with Crippen molar-refractivity contribution in [2.45, 2.75) is 65.5 Å². The number of aryl methyl sites for hydroxylation is 1. The van der Waals surface area contributed by atoms with Crippen LogP contribution in [0.15, 0.2) is 30.5 Å². The Morgan fingerprint density at radius 2 is 1.87 bits per heavy atom. The highest BCUT2D eigenvalue weighted by atomic mass is 15.1. The van der Waals surface area contributed by atoms with Gasteiger partial charge in [0, 0.05) is 25.8 Å². The van der Waals surface area contributed by atoms with Crippen molar-refractivity contribution in [2.24, 2.45) is 0 Å². The zero-order valence-electron chi connectivity index (χ0n) is 19.0. The minimum absolute atomic E-state index is 0.321. The second kappa shape index (κ2) is 10.1. The predicted molar refractivity (Wildman–Crippen MR) is 129 cm³/mol. The predicted octanol–water partition coefficient (Wildman–Crippen LogP) is 4.96. The van der Waals surface area contributed by atoms with Crippen LogP contribution >= 0.6 is 0 Å². The van der Waals surface area contributed by atoms with Crippen LogP contribution in [0.5, 0.6) is 0 Å². The Morgan fingerprint density at radius 1 is 1.03 bits per heavy atom. The van der Waals surface area contributed by atoms with Crippen LogP contribution in [-0.4, -0.2) is 39.1 Å². The van der Waals surface area contributed by atoms with Gasteiger partial charge in [0.25, 0.3) is 0 Å². The van der Waals surface area contributed by atoms with Crippen molar-refractivity contribution in [2.75, 3.05) is 30.7 Å². The number of nitrogen functional groups attached to an aromatic ring is 1. The lowest BCUT2D eigenvalue weighted by Gasteiger charge is -2.26. The van der Waals surface area contributed by atoms with Crippen molar-refractivity contribution in [3.8, 4) is 0 Å². The van der Waals surface area contributed by atoms with Crippen LogP contribution in [0.1, 0.15) is 62.1 Å². The number of unbranched alkanes of at least 4 members (excludes halogenated alkanes) is 2. The third kappa shape index (κ3) is 5.37. The summed E-state index contributed by atoms with van der Waals surface area (Å²) in [4.78, 5) is 11.5. The van der Waals surface area contributed by atoms with E-state index >= 15 is 0 Å². The van der Waals surface area contributed by atoms with E-state index in [0.29, 0.717) is 5.95 Å². The van der Waals surface area contributed by atoms with Crippen molar-refractivity contribution in [3.63, 3.8) is 0 Å². The summed E-state index contributed by atoms with van der Waals surface area (Å²) < 4.78 is 2.24. The van der Waals surface area contributed by atoms with Crippen molar-refractivity contribution in [1.82, 2.24) is 19.4 Å². The Hall–Kier alpha value is -2.60. The monoisotopic (exact) mass is 420 g/mol. The first-order valence-electron chi connectivity index (χ1n) is 11.8. The van der Waals surface area contributed by atoms with Gasteiger partial charge < -0.3 is 15.6 Å². The Balaban J connectivity index is 1.52. The molecule has 3 N–H and O–H groups in total. The smallest absolute Gasteiger partial charge is 0.222 e. The van der Waals surface area contributed by atoms with Crippen LogP contribution in [0.2, 0.25) is 0 Å². The van der Waals surface area contributed by atoms with Crippen LogP contribution in [0, 0.1) is 6.92 Å². The molecule has 0 saturated carbocycles. The van der Waals surface area contributed by atoms with E-state index in [1.165, 1.54) is 61.9 Å². The quantitative estimate of drug-likeness (QED) is 0.479. The molecule has 2 aromatic heterocycles. The molecule has 0 bridgehead atoms. The standard InChI is InChI=1S/C25H36N6/c1-3-4-6-12-27-24-23-22(28-25(26)29-24)11-15-31(23)18-21-10-9-20(16-19(21)2)17-30-13-7-5-8-14-30/h9-11,15-16H,3-8,12-14,17-18H2,1-2H3,(H3,26,27,28,29). The van der Waals surface area contributed by atoms with Crippen molar-refractivity contribution in [1.29, 1.82) is 0 Å². The lowest BCUT2D eigenvalue weighted by atomic mass is 10.0. The van der Waals surface area contributed by atoms with Crippen LogP contribution in [0.4, 0.5) is 11.8 Å². The Morgan fingerprint density at radius 3 is 2.65 bits per heavy atom. The van der Waals surface area contributed by atoms with Crippen LogP contribution in [-0.2, 0) is 13.1 Å². The molecule has 3 heterocycles. The summed E-state index contributed by atoms with van der Waals surface area (Å²) in [5.74, 6) is 1.16. The van der Waals surface area contributed by atoms with Crippen molar-refractivity contribution >= 4 is 22.8 Å². The average molecular weight is 421 g/mol. The fourth-order valence-corrected chi connectivity index (χ4v) is 4.55. The second-order valence-corrected chi connectivity index (χ2v) is 8.84. The fraction of sp³-hybridized carbons (Fsp3) is 0.520. The molecule has 1 fully saturated rings. The zero-order chi connectivity index (χ0) is 21.6. The number of piperidine rings is 1. The van der Waals surface area contributed by atoms with E-state index in [9.17, 15) is 0 Å². The molecule has 0 radical (unpaired) electrons. The summed E-state index contributed by atoms with van der Waals surface area (Å²) in [5, 5.41) is 3.49. The van der Waals surface area contributed by atoms with E-state index < -0.39 is 0 Å². The maximum absolute atomic E-state index is 5.96. The molecule has 0 aliphatic carbocycles. The molecule has 1 aliphatic heterocycles. The average Bonchev–Trinajstić information content (AvgIpc) is 3.16. The largest absolute Gasteiger partial charge is 0.368 e. The number of nitrogens with zero attached hydrogens (tertiary/aromatic N) is 4. The molecule has 6 heteroatoms. The van der Waals surface area contributed by atoms with Gasteiger partial charge in [-0.2, -0.15) is 4.98 Å². The van der Waals surface area contributed by atoms with E-state index in [-0.39, 0.29) is 0 Å². The Labute approximate surface area is 185 Å². The normalized spacial score (nSPS) is 14.9. The first kappa shape index (κ1) is 21.6. The highest BCUT2D eigenvalue weighted by Gasteiger charge is 2.14. The molecule has 1 aromatic carbocycles. The number of nitrogens with two attached hydrogens (primary N) is 1. The highest BCUT2D eigenvalue weighted by Crippen LogP contribution is 2.25. The topological polar surface area (TPSA) is 72.0 Å². The van der Waals surface area contributed by atoms with Gasteiger partial charge in [-0.3, -0.25) is 4.90 Å². The van der Waals surface area contributed by atoms with E-state index in [1.54, 1.807) is 0 Å². The lowest BCUT2D eigenvalue weighted by Crippen LogP contribution is -2.29. The summed E-state index contributed by atoms with van der Waals surface area (Å²) in [7, 11) is 0. The molecule has 3 aromatic rings. The van der Waals surface area contributed by atoms with E-state index in [0.717, 1.165) is 42.9 Å². The van der Waals surface area contributed by atoms with Gasteiger partial charge in [0.1, 0.15) is 5.52 Å². The minimum Gasteiger partial charge on any atom is -0.368 e. The summed E-state index contributed by atoms with van der Waals surface area (Å²) in [6.07, 6.45) is 9.67. The molecule has 166 valence electrons. The summed E-state index contributed by atoms with van der Waals surface area (Å²) in [6.45, 7) is 9.66. The number of nitrogens with one attached hydrogen (secondary N) is 1. The molecule has 0 unspecified atom stereocenters. The number of aromatic nitrogens is 3. The summed E-state index contributed by atoms with van der Waals surface area (Å²) in [5.41, 5.74) is 12.0. The van der Waals surface area contributed by atoms with Gasteiger partial charge in [0.2, 0.25) is 5.95 Å². The molecule has 0 spiro atoms. The van der Waals surface area contributed by atoms with Gasteiger partial charge in [0.05, 0.1) is 5.52 Å². The Kier molecular flexibility index (Phi) is 7.07. The van der Waals surface area contributed by atoms with Gasteiger partial charge in [-0.25, -0.2) is 4.98 Å². The van der Waals surface area contributed by atoms with Gasteiger partial charge in [0.15, 0.2) is 5.82 Å². The maximum Gasteiger partial charge on any atom is 0.222 e. The van der Waals surface area contributed by atoms with Crippen molar-refractivity contribution in [3.05, 3.63) is 47.2 Å². The Bertz CT molecular complexity index is 1000. The molecular formula is C25H36N6. The number of fused-ring (bicyclic) bond motifs is 1. The zero-order valence-corrected chi connectivity index (χ0v) is 19.0. The maximum atomic E-state index is 5.96. The van der Waals surface area contributed by atoms with Crippen molar-refractivity contribution < 1.29 is 0 Å². The third-order valence-electron chi connectivity index (χ3n) is 6.30. The SMILES string of the molecule is CCCCCNc1nc(N)nc2ccn(Cc3ccc(CN4CCCCC4)cc3C)c12. The molecule has 4 rings (SSSR count). The van der Waals surface area contributed by atoms with Gasteiger partial charge >= 0.3 is 0 Å². The van der Waals surface area contributed by atoms with Crippen LogP contribution in [0.3, 0.4) is 0 Å². The molecule has 0 atom stereocenters. The first-order chi connectivity index (χ1) is 15.1.